The number of hydrogen-bond donors (Lipinski definition) is 1. The molecule has 2 heterocycles. The van der Waals surface area contributed by atoms with Gasteiger partial charge in [0.2, 0.25) is 5.88 Å². The van der Waals surface area contributed by atoms with E-state index >= 15 is 0 Å². The second kappa shape index (κ2) is 6.27. The molecule has 124 valence electrons. The third-order valence-electron chi connectivity index (χ3n) is 3.75. The summed E-state index contributed by atoms with van der Waals surface area (Å²) >= 11 is 6.73. The van der Waals surface area contributed by atoms with Crippen molar-refractivity contribution in [2.24, 2.45) is 9.98 Å². The SMILES string of the molecule is COc1ccc(-n2c(O)c(C=C3N=c4ccccc4=N3)sc2=S)cc1. The first-order valence-corrected chi connectivity index (χ1v) is 8.71. The predicted molar refractivity (Wildman–Crippen MR) is 99.4 cm³/mol. The highest BCUT2D eigenvalue weighted by atomic mass is 32.1. The van der Waals surface area contributed by atoms with Crippen LogP contribution in [0.3, 0.4) is 0 Å². The maximum absolute atomic E-state index is 10.6. The monoisotopic (exact) mass is 367 g/mol. The molecule has 0 aliphatic carbocycles. The van der Waals surface area contributed by atoms with Gasteiger partial charge in [-0.1, -0.05) is 12.1 Å². The smallest absolute Gasteiger partial charge is 0.215 e. The van der Waals surface area contributed by atoms with Crippen LogP contribution in [0.2, 0.25) is 0 Å². The molecule has 3 aromatic rings. The highest BCUT2D eigenvalue weighted by Gasteiger charge is 2.13. The Bertz CT molecular complexity index is 1120. The lowest BCUT2D eigenvalue weighted by Gasteiger charge is -2.06. The lowest BCUT2D eigenvalue weighted by atomic mass is 10.3. The van der Waals surface area contributed by atoms with Gasteiger partial charge in [-0.05, 0) is 48.6 Å². The van der Waals surface area contributed by atoms with Crippen LogP contribution in [0.5, 0.6) is 11.6 Å². The van der Waals surface area contributed by atoms with Crippen molar-refractivity contribution in [3.63, 3.8) is 0 Å². The van der Waals surface area contributed by atoms with E-state index in [0.717, 1.165) is 22.2 Å². The van der Waals surface area contributed by atoms with Crippen LogP contribution in [0.4, 0.5) is 0 Å². The number of nitrogens with zero attached hydrogens (tertiary/aromatic N) is 3. The summed E-state index contributed by atoms with van der Waals surface area (Å²) < 4.78 is 7.33. The largest absolute Gasteiger partial charge is 0.497 e. The summed E-state index contributed by atoms with van der Waals surface area (Å²) in [5.74, 6) is 1.37. The van der Waals surface area contributed by atoms with Gasteiger partial charge in [-0.15, -0.1) is 11.3 Å². The van der Waals surface area contributed by atoms with Crippen molar-refractivity contribution in [1.29, 1.82) is 0 Å². The quantitative estimate of drug-likeness (QED) is 0.723. The minimum Gasteiger partial charge on any atom is -0.497 e. The highest BCUT2D eigenvalue weighted by Crippen LogP contribution is 2.32. The van der Waals surface area contributed by atoms with Gasteiger partial charge in [0.1, 0.15) is 5.75 Å². The second-order valence-corrected chi connectivity index (χ2v) is 6.98. The third-order valence-corrected chi connectivity index (χ3v) is 5.06. The van der Waals surface area contributed by atoms with Crippen LogP contribution in [-0.2, 0) is 0 Å². The van der Waals surface area contributed by atoms with E-state index in [4.69, 9.17) is 17.0 Å². The van der Waals surface area contributed by atoms with Gasteiger partial charge in [0.25, 0.3) is 0 Å². The number of aromatic nitrogens is 1. The first kappa shape index (κ1) is 15.7. The van der Waals surface area contributed by atoms with Crippen LogP contribution in [0.15, 0.2) is 64.3 Å². The fourth-order valence-corrected chi connectivity index (χ4v) is 3.82. The van der Waals surface area contributed by atoms with E-state index in [-0.39, 0.29) is 5.88 Å². The summed E-state index contributed by atoms with van der Waals surface area (Å²) in [5, 5.41) is 12.3. The van der Waals surface area contributed by atoms with Gasteiger partial charge >= 0.3 is 0 Å². The average molecular weight is 367 g/mol. The van der Waals surface area contributed by atoms with Crippen molar-refractivity contribution >= 4 is 29.6 Å². The molecule has 1 N–H and O–H groups in total. The molecule has 0 saturated heterocycles. The number of hydrogen-bond acceptors (Lipinski definition) is 6. The molecular formula is C18H13N3O2S2. The zero-order valence-corrected chi connectivity index (χ0v) is 14.8. The van der Waals surface area contributed by atoms with E-state index in [9.17, 15) is 5.11 Å². The maximum Gasteiger partial charge on any atom is 0.215 e. The van der Waals surface area contributed by atoms with E-state index in [2.05, 4.69) is 9.98 Å². The molecule has 2 aromatic carbocycles. The number of ether oxygens (including phenoxy) is 1. The molecule has 25 heavy (non-hydrogen) atoms. The Kier molecular flexibility index (Phi) is 3.95. The molecular weight excluding hydrogens is 354 g/mol. The first-order valence-electron chi connectivity index (χ1n) is 7.49. The van der Waals surface area contributed by atoms with Crippen LogP contribution in [-0.4, -0.2) is 16.8 Å². The molecule has 0 unspecified atom stereocenters. The second-order valence-electron chi connectivity index (χ2n) is 5.30. The molecule has 7 heteroatoms. The number of fused-ring (bicyclic) bond motifs is 1. The molecule has 0 spiro atoms. The van der Waals surface area contributed by atoms with Crippen molar-refractivity contribution in [3.8, 4) is 17.3 Å². The van der Waals surface area contributed by atoms with Crippen LogP contribution in [0, 0.1) is 3.95 Å². The standard InChI is InChI=1S/C18H13N3O2S2/c1-23-12-8-6-11(7-9-12)21-17(22)15(25-18(21)24)10-16-19-13-4-2-3-5-14(13)20-16/h2-10,22H,1H3. The number of para-hydroxylation sites is 2. The molecule has 0 saturated carbocycles. The number of rotatable bonds is 3. The third kappa shape index (κ3) is 2.88. The van der Waals surface area contributed by atoms with E-state index in [1.165, 1.54) is 11.3 Å². The predicted octanol–water partition coefficient (Wildman–Crippen LogP) is 3.23. The molecule has 0 radical (unpaired) electrons. The summed E-state index contributed by atoms with van der Waals surface area (Å²) in [4.78, 5) is 9.53. The lowest BCUT2D eigenvalue weighted by Crippen LogP contribution is -2.19. The van der Waals surface area contributed by atoms with Crippen molar-refractivity contribution in [2.45, 2.75) is 0 Å². The van der Waals surface area contributed by atoms with Crippen molar-refractivity contribution in [2.75, 3.05) is 7.11 Å². The highest BCUT2D eigenvalue weighted by molar-refractivity contribution is 7.73. The topological polar surface area (TPSA) is 59.1 Å². The molecule has 5 nitrogen and oxygen atoms in total. The Balaban J connectivity index is 1.77. The van der Waals surface area contributed by atoms with Gasteiger partial charge in [0.05, 0.1) is 28.4 Å². The van der Waals surface area contributed by atoms with Crippen LogP contribution in [0.25, 0.3) is 11.8 Å². The Morgan fingerprint density at radius 2 is 1.72 bits per heavy atom. The zero-order chi connectivity index (χ0) is 17.4. The Morgan fingerprint density at radius 3 is 2.32 bits per heavy atom. The fraction of sp³-hybridized carbons (Fsp3) is 0.0556. The van der Waals surface area contributed by atoms with E-state index in [0.29, 0.717) is 14.7 Å². The Hall–Kier alpha value is -2.77. The van der Waals surface area contributed by atoms with Gasteiger partial charge in [-0.25, -0.2) is 9.98 Å². The molecule has 4 rings (SSSR count). The number of thiazole rings is 1. The van der Waals surface area contributed by atoms with Gasteiger partial charge in [0.15, 0.2) is 9.78 Å². The molecule has 1 aromatic heterocycles. The van der Waals surface area contributed by atoms with E-state index in [1.807, 2.05) is 48.5 Å². The summed E-state index contributed by atoms with van der Waals surface area (Å²) in [6.45, 7) is 0. The van der Waals surface area contributed by atoms with Gasteiger partial charge in [-0.3, -0.25) is 4.57 Å². The minimum absolute atomic E-state index is 0.0778. The molecule has 1 aliphatic heterocycles. The Labute approximate surface area is 152 Å². The number of benzene rings is 2. The summed E-state index contributed by atoms with van der Waals surface area (Å²) in [5.41, 5.74) is 0.771. The molecule has 0 bridgehead atoms. The van der Waals surface area contributed by atoms with E-state index < -0.39 is 0 Å². The normalized spacial score (nSPS) is 12.3. The fourth-order valence-electron chi connectivity index (χ4n) is 2.54. The number of methoxy groups -OCH3 is 1. The van der Waals surface area contributed by atoms with Gasteiger partial charge in [-0.2, -0.15) is 0 Å². The van der Waals surface area contributed by atoms with E-state index in [1.54, 1.807) is 17.8 Å². The average Bonchev–Trinajstić information content (AvgIpc) is 3.15. The Morgan fingerprint density at radius 1 is 1.08 bits per heavy atom. The first-order chi connectivity index (χ1) is 12.2. The van der Waals surface area contributed by atoms with Crippen molar-refractivity contribution in [1.82, 2.24) is 4.57 Å². The summed E-state index contributed by atoms with van der Waals surface area (Å²) in [7, 11) is 1.61. The number of aromatic hydroxyl groups is 1. The maximum atomic E-state index is 10.6. The van der Waals surface area contributed by atoms with Gasteiger partial charge in [0, 0.05) is 6.08 Å². The lowest BCUT2D eigenvalue weighted by molar-refractivity contribution is 0.414. The minimum atomic E-state index is 0.0778. The molecule has 1 aliphatic rings. The molecule has 0 atom stereocenters. The molecule has 0 amide bonds. The molecule has 0 fully saturated rings. The van der Waals surface area contributed by atoms with Crippen LogP contribution >= 0.6 is 23.6 Å². The van der Waals surface area contributed by atoms with Gasteiger partial charge < -0.3 is 9.84 Å². The summed E-state index contributed by atoms with van der Waals surface area (Å²) in [6, 6.07) is 15.0. The van der Waals surface area contributed by atoms with Crippen LogP contribution in [0.1, 0.15) is 4.88 Å². The summed E-state index contributed by atoms with van der Waals surface area (Å²) in [6.07, 6.45) is 1.75. The van der Waals surface area contributed by atoms with Crippen LogP contribution < -0.4 is 15.5 Å². The van der Waals surface area contributed by atoms with Crippen molar-refractivity contribution in [3.05, 3.63) is 73.9 Å². The van der Waals surface area contributed by atoms with Crippen molar-refractivity contribution < 1.29 is 9.84 Å². The zero-order valence-electron chi connectivity index (χ0n) is 13.2.